The van der Waals surface area contributed by atoms with Crippen molar-refractivity contribution in [2.24, 2.45) is 0 Å². The van der Waals surface area contributed by atoms with Crippen LogP contribution in [0.25, 0.3) is 0 Å². The van der Waals surface area contributed by atoms with E-state index < -0.39 is 0 Å². The number of rotatable bonds is 4. The molecule has 1 heterocycles. The number of hydrogen-bond acceptors (Lipinski definition) is 3. The summed E-state index contributed by atoms with van der Waals surface area (Å²) in [5, 5.41) is 5.97. The topological polar surface area (TPSA) is 54.0 Å². The van der Waals surface area contributed by atoms with Gasteiger partial charge in [0.05, 0.1) is 5.56 Å². The number of hydrogen-bond donors (Lipinski definition) is 2. The van der Waals surface area contributed by atoms with E-state index in [0.717, 1.165) is 23.6 Å². The number of aromatic nitrogens is 1. The third-order valence-corrected chi connectivity index (χ3v) is 3.15. The van der Waals surface area contributed by atoms with Gasteiger partial charge in [-0.3, -0.25) is 4.79 Å². The minimum Gasteiger partial charge on any atom is -0.370 e. The predicted molar refractivity (Wildman–Crippen MR) is 82.3 cm³/mol. The van der Waals surface area contributed by atoms with Crippen molar-refractivity contribution in [3.05, 3.63) is 53.2 Å². The van der Waals surface area contributed by atoms with Crippen LogP contribution in [0.2, 0.25) is 0 Å². The van der Waals surface area contributed by atoms with Crippen LogP contribution in [0, 0.1) is 13.8 Å². The lowest BCUT2D eigenvalue weighted by Crippen LogP contribution is -2.12. The van der Waals surface area contributed by atoms with E-state index in [0.29, 0.717) is 5.56 Å². The Bertz CT molecular complexity index is 606. The molecular weight excluding hydrogens is 250 g/mol. The second-order valence-corrected chi connectivity index (χ2v) is 4.72. The van der Waals surface area contributed by atoms with Crippen molar-refractivity contribution in [1.29, 1.82) is 0 Å². The van der Waals surface area contributed by atoms with Crippen LogP contribution in [0.3, 0.4) is 0 Å². The number of benzene rings is 1. The summed E-state index contributed by atoms with van der Waals surface area (Å²) >= 11 is 0. The Morgan fingerprint density at radius 1 is 1.15 bits per heavy atom. The summed E-state index contributed by atoms with van der Waals surface area (Å²) in [6.07, 6.45) is 1.58. The first-order valence-corrected chi connectivity index (χ1v) is 6.68. The van der Waals surface area contributed by atoms with Crippen LogP contribution in [0.15, 0.2) is 36.5 Å². The van der Waals surface area contributed by atoms with Crippen molar-refractivity contribution in [2.75, 3.05) is 17.2 Å². The van der Waals surface area contributed by atoms with Gasteiger partial charge in [0.15, 0.2) is 0 Å². The SMILES string of the molecule is CCNc1ccc(C(=O)Nc2ccc(C)c(C)c2)cn1. The molecule has 0 atom stereocenters. The summed E-state index contributed by atoms with van der Waals surface area (Å²) in [5.41, 5.74) is 3.71. The van der Waals surface area contributed by atoms with Crippen molar-refractivity contribution < 1.29 is 4.79 Å². The second kappa shape index (κ2) is 6.19. The molecule has 1 amide bonds. The summed E-state index contributed by atoms with van der Waals surface area (Å²) in [7, 11) is 0. The van der Waals surface area contributed by atoms with Crippen LogP contribution >= 0.6 is 0 Å². The largest absolute Gasteiger partial charge is 0.370 e. The molecule has 0 saturated carbocycles. The molecule has 104 valence electrons. The zero-order chi connectivity index (χ0) is 14.5. The fraction of sp³-hybridized carbons (Fsp3) is 0.250. The van der Waals surface area contributed by atoms with Gasteiger partial charge < -0.3 is 10.6 Å². The Balaban J connectivity index is 2.09. The monoisotopic (exact) mass is 269 g/mol. The third kappa shape index (κ3) is 3.35. The molecule has 4 heteroatoms. The second-order valence-electron chi connectivity index (χ2n) is 4.72. The molecule has 0 unspecified atom stereocenters. The number of anilines is 2. The highest BCUT2D eigenvalue weighted by Gasteiger charge is 2.07. The molecule has 2 aromatic rings. The van der Waals surface area contributed by atoms with Gasteiger partial charge in [-0.25, -0.2) is 4.98 Å². The number of pyridine rings is 1. The van der Waals surface area contributed by atoms with Crippen LogP contribution in [0.5, 0.6) is 0 Å². The van der Waals surface area contributed by atoms with Crippen molar-refractivity contribution in [3.63, 3.8) is 0 Å². The zero-order valence-electron chi connectivity index (χ0n) is 12.0. The fourth-order valence-corrected chi connectivity index (χ4v) is 1.84. The average molecular weight is 269 g/mol. The Kier molecular flexibility index (Phi) is 4.35. The molecule has 1 aromatic carbocycles. The van der Waals surface area contributed by atoms with E-state index in [2.05, 4.69) is 15.6 Å². The molecule has 20 heavy (non-hydrogen) atoms. The molecule has 0 saturated heterocycles. The predicted octanol–water partition coefficient (Wildman–Crippen LogP) is 3.38. The maximum atomic E-state index is 12.1. The first-order chi connectivity index (χ1) is 9.60. The normalized spacial score (nSPS) is 10.2. The van der Waals surface area contributed by atoms with Gasteiger partial charge in [-0.2, -0.15) is 0 Å². The molecule has 2 N–H and O–H groups in total. The molecule has 0 bridgehead atoms. The van der Waals surface area contributed by atoms with Crippen LogP contribution in [0.1, 0.15) is 28.4 Å². The summed E-state index contributed by atoms with van der Waals surface area (Å²) in [4.78, 5) is 16.3. The van der Waals surface area contributed by atoms with Gasteiger partial charge in [0.25, 0.3) is 5.91 Å². The molecule has 2 rings (SSSR count). The minimum absolute atomic E-state index is 0.149. The van der Waals surface area contributed by atoms with E-state index in [4.69, 9.17) is 0 Å². The van der Waals surface area contributed by atoms with E-state index in [9.17, 15) is 4.79 Å². The Labute approximate surface area is 119 Å². The van der Waals surface area contributed by atoms with E-state index in [1.807, 2.05) is 39.0 Å². The molecular formula is C16H19N3O. The van der Waals surface area contributed by atoms with Crippen LogP contribution in [-0.4, -0.2) is 17.4 Å². The Morgan fingerprint density at radius 3 is 2.55 bits per heavy atom. The van der Waals surface area contributed by atoms with E-state index in [1.165, 1.54) is 5.56 Å². The van der Waals surface area contributed by atoms with Crippen molar-refractivity contribution in [2.45, 2.75) is 20.8 Å². The highest BCUT2D eigenvalue weighted by Crippen LogP contribution is 2.15. The number of aryl methyl sites for hydroxylation is 2. The standard InChI is InChI=1S/C16H19N3O/c1-4-17-15-8-6-13(10-18-15)16(20)19-14-7-5-11(2)12(3)9-14/h5-10H,4H2,1-3H3,(H,17,18)(H,19,20). The number of amides is 1. The van der Waals surface area contributed by atoms with Gasteiger partial charge >= 0.3 is 0 Å². The molecule has 0 fully saturated rings. The minimum atomic E-state index is -0.149. The summed E-state index contributed by atoms with van der Waals surface area (Å²) in [5.74, 6) is 0.624. The third-order valence-electron chi connectivity index (χ3n) is 3.15. The highest BCUT2D eigenvalue weighted by atomic mass is 16.1. The number of carbonyl (C=O) groups is 1. The Hall–Kier alpha value is -2.36. The van der Waals surface area contributed by atoms with Crippen molar-refractivity contribution in [3.8, 4) is 0 Å². The molecule has 0 radical (unpaired) electrons. The first kappa shape index (κ1) is 14.1. The van der Waals surface area contributed by atoms with E-state index in [-0.39, 0.29) is 5.91 Å². The number of nitrogens with zero attached hydrogens (tertiary/aromatic N) is 1. The number of nitrogens with one attached hydrogen (secondary N) is 2. The molecule has 0 aliphatic rings. The van der Waals surface area contributed by atoms with Crippen LogP contribution in [-0.2, 0) is 0 Å². The molecule has 0 aliphatic heterocycles. The quantitative estimate of drug-likeness (QED) is 0.894. The average Bonchev–Trinajstić information content (AvgIpc) is 2.44. The molecule has 0 spiro atoms. The van der Waals surface area contributed by atoms with Gasteiger partial charge in [0.1, 0.15) is 5.82 Å². The lowest BCUT2D eigenvalue weighted by atomic mass is 10.1. The highest BCUT2D eigenvalue weighted by molar-refractivity contribution is 6.04. The smallest absolute Gasteiger partial charge is 0.257 e. The lowest BCUT2D eigenvalue weighted by molar-refractivity contribution is 0.102. The van der Waals surface area contributed by atoms with Gasteiger partial charge in [-0.15, -0.1) is 0 Å². The maximum Gasteiger partial charge on any atom is 0.257 e. The van der Waals surface area contributed by atoms with Crippen molar-refractivity contribution >= 4 is 17.4 Å². The van der Waals surface area contributed by atoms with Crippen LogP contribution in [0.4, 0.5) is 11.5 Å². The summed E-state index contributed by atoms with van der Waals surface area (Å²) in [6.45, 7) is 6.88. The van der Waals surface area contributed by atoms with Gasteiger partial charge in [0.2, 0.25) is 0 Å². The summed E-state index contributed by atoms with van der Waals surface area (Å²) < 4.78 is 0. The maximum absolute atomic E-state index is 12.1. The van der Waals surface area contributed by atoms with Gasteiger partial charge in [-0.05, 0) is 56.2 Å². The zero-order valence-corrected chi connectivity index (χ0v) is 12.0. The van der Waals surface area contributed by atoms with Gasteiger partial charge in [0, 0.05) is 18.4 Å². The van der Waals surface area contributed by atoms with Crippen LogP contribution < -0.4 is 10.6 Å². The van der Waals surface area contributed by atoms with E-state index in [1.54, 1.807) is 18.3 Å². The molecule has 4 nitrogen and oxygen atoms in total. The van der Waals surface area contributed by atoms with Crippen molar-refractivity contribution in [1.82, 2.24) is 4.98 Å². The summed E-state index contributed by atoms with van der Waals surface area (Å²) in [6, 6.07) is 9.44. The van der Waals surface area contributed by atoms with Gasteiger partial charge in [-0.1, -0.05) is 6.07 Å². The molecule has 0 aliphatic carbocycles. The lowest BCUT2D eigenvalue weighted by Gasteiger charge is -2.08. The Morgan fingerprint density at radius 2 is 1.95 bits per heavy atom. The van der Waals surface area contributed by atoms with E-state index >= 15 is 0 Å². The molecule has 1 aromatic heterocycles. The first-order valence-electron chi connectivity index (χ1n) is 6.68. The number of carbonyl (C=O) groups excluding carboxylic acids is 1. The fourth-order valence-electron chi connectivity index (χ4n) is 1.84.